The van der Waals surface area contributed by atoms with E-state index in [1.54, 1.807) is 0 Å². The van der Waals surface area contributed by atoms with E-state index in [9.17, 15) is 12.8 Å². The molecule has 1 aromatic carbocycles. The quantitative estimate of drug-likeness (QED) is 0.796. The Balaban J connectivity index is 2.29. The van der Waals surface area contributed by atoms with E-state index in [0.717, 1.165) is 12.5 Å². The van der Waals surface area contributed by atoms with Crippen LogP contribution >= 0.6 is 15.9 Å². The van der Waals surface area contributed by atoms with Gasteiger partial charge in [-0.1, -0.05) is 5.16 Å². The SMILES string of the molecule is Nc1cc(Br)c(F)c(S(=O)(=O)NCc2ncon2)c1. The van der Waals surface area contributed by atoms with Crippen molar-refractivity contribution in [3.8, 4) is 0 Å². The number of halogens is 2. The Bertz CT molecular complexity index is 690. The highest BCUT2D eigenvalue weighted by atomic mass is 79.9. The summed E-state index contributed by atoms with van der Waals surface area (Å²) in [4.78, 5) is 3.09. The minimum Gasteiger partial charge on any atom is -0.399 e. The number of anilines is 1. The van der Waals surface area contributed by atoms with E-state index in [4.69, 9.17) is 5.73 Å². The second-order valence-corrected chi connectivity index (χ2v) is 6.08. The predicted octanol–water partition coefficient (Wildman–Crippen LogP) is 1.03. The van der Waals surface area contributed by atoms with Crippen LogP contribution < -0.4 is 10.5 Å². The lowest BCUT2D eigenvalue weighted by molar-refractivity contribution is 0.409. The smallest absolute Gasteiger partial charge is 0.244 e. The summed E-state index contributed by atoms with van der Waals surface area (Å²) in [5, 5.41) is 3.43. The zero-order valence-corrected chi connectivity index (χ0v) is 11.7. The molecule has 19 heavy (non-hydrogen) atoms. The minimum absolute atomic E-state index is 0.0348. The summed E-state index contributed by atoms with van der Waals surface area (Å²) in [7, 11) is -4.07. The normalized spacial score (nSPS) is 11.7. The largest absolute Gasteiger partial charge is 0.399 e. The van der Waals surface area contributed by atoms with Crippen molar-refractivity contribution in [1.29, 1.82) is 0 Å². The fourth-order valence-electron chi connectivity index (χ4n) is 1.29. The van der Waals surface area contributed by atoms with Crippen LogP contribution in [0.15, 0.2) is 32.4 Å². The van der Waals surface area contributed by atoms with Gasteiger partial charge in [-0.15, -0.1) is 0 Å². The number of aromatic nitrogens is 2. The van der Waals surface area contributed by atoms with Gasteiger partial charge in [0.15, 0.2) is 11.6 Å². The van der Waals surface area contributed by atoms with Gasteiger partial charge in [-0.05, 0) is 28.1 Å². The van der Waals surface area contributed by atoms with Crippen molar-refractivity contribution in [3.05, 3.63) is 34.6 Å². The van der Waals surface area contributed by atoms with Gasteiger partial charge in [-0.3, -0.25) is 0 Å². The van der Waals surface area contributed by atoms with Gasteiger partial charge >= 0.3 is 0 Å². The van der Waals surface area contributed by atoms with Crippen LogP contribution in [-0.4, -0.2) is 18.6 Å². The number of hydrogen-bond acceptors (Lipinski definition) is 6. The van der Waals surface area contributed by atoms with Gasteiger partial charge in [-0.25, -0.2) is 17.5 Å². The highest BCUT2D eigenvalue weighted by Crippen LogP contribution is 2.25. The molecule has 1 aromatic heterocycles. The molecular formula is C9H8BrFN4O3S. The number of sulfonamides is 1. The third-order valence-electron chi connectivity index (χ3n) is 2.13. The summed E-state index contributed by atoms with van der Waals surface area (Å²) >= 11 is 2.89. The Labute approximate surface area is 116 Å². The zero-order chi connectivity index (χ0) is 14.0. The van der Waals surface area contributed by atoms with Gasteiger partial charge in [0, 0.05) is 5.69 Å². The van der Waals surface area contributed by atoms with E-state index in [2.05, 4.69) is 35.3 Å². The van der Waals surface area contributed by atoms with Gasteiger partial charge in [0.25, 0.3) is 0 Å². The lowest BCUT2D eigenvalue weighted by atomic mass is 10.3. The second kappa shape index (κ2) is 5.23. The molecule has 0 radical (unpaired) electrons. The molecule has 0 spiro atoms. The third kappa shape index (κ3) is 3.08. The molecule has 0 aliphatic heterocycles. The maximum atomic E-state index is 13.8. The first-order valence-electron chi connectivity index (χ1n) is 4.89. The van der Waals surface area contributed by atoms with Gasteiger partial charge in [0.1, 0.15) is 4.90 Å². The first-order valence-corrected chi connectivity index (χ1v) is 7.17. The fraction of sp³-hybridized carbons (Fsp3) is 0.111. The topological polar surface area (TPSA) is 111 Å². The molecule has 10 heteroatoms. The van der Waals surface area contributed by atoms with Crippen molar-refractivity contribution in [2.75, 3.05) is 5.73 Å². The summed E-state index contributed by atoms with van der Waals surface area (Å²) in [6, 6.07) is 2.30. The molecule has 0 bridgehead atoms. The summed E-state index contributed by atoms with van der Waals surface area (Å²) in [6.45, 7) is -0.218. The van der Waals surface area contributed by atoms with Crippen molar-refractivity contribution in [2.45, 2.75) is 11.4 Å². The average molecular weight is 351 g/mol. The summed E-state index contributed by atoms with van der Waals surface area (Å²) in [5.74, 6) is -0.790. The van der Waals surface area contributed by atoms with E-state index in [1.807, 2.05) is 0 Å². The highest BCUT2D eigenvalue weighted by molar-refractivity contribution is 9.10. The third-order valence-corrected chi connectivity index (χ3v) is 4.11. The molecule has 0 amide bonds. The Morgan fingerprint density at radius 3 is 2.84 bits per heavy atom. The Kier molecular flexibility index (Phi) is 3.83. The summed E-state index contributed by atoms with van der Waals surface area (Å²) in [5.41, 5.74) is 5.61. The van der Waals surface area contributed by atoms with Crippen molar-refractivity contribution < 1.29 is 17.3 Å². The maximum absolute atomic E-state index is 13.8. The first-order chi connectivity index (χ1) is 8.90. The average Bonchev–Trinajstić information content (AvgIpc) is 2.84. The second-order valence-electron chi connectivity index (χ2n) is 3.49. The molecule has 3 N–H and O–H groups in total. The van der Waals surface area contributed by atoms with Crippen LogP contribution in [0.4, 0.5) is 10.1 Å². The molecule has 2 aromatic rings. The van der Waals surface area contributed by atoms with Gasteiger partial charge in [0.2, 0.25) is 16.4 Å². The molecule has 2 rings (SSSR count). The number of nitrogens with zero attached hydrogens (tertiary/aromatic N) is 2. The number of nitrogens with one attached hydrogen (secondary N) is 1. The predicted molar refractivity (Wildman–Crippen MR) is 66.8 cm³/mol. The van der Waals surface area contributed by atoms with Crippen LogP contribution in [0.2, 0.25) is 0 Å². The first kappa shape index (κ1) is 13.9. The lowest BCUT2D eigenvalue weighted by Crippen LogP contribution is -2.25. The minimum atomic E-state index is -4.07. The fourth-order valence-corrected chi connectivity index (χ4v) is 3.01. The molecule has 0 atom stereocenters. The molecule has 0 fully saturated rings. The molecule has 0 saturated carbocycles. The van der Waals surface area contributed by atoms with Gasteiger partial charge in [0.05, 0.1) is 11.0 Å². The number of rotatable bonds is 4. The lowest BCUT2D eigenvalue weighted by Gasteiger charge is -2.08. The standard InChI is InChI=1S/C9H8BrFN4O3S/c10-6-1-5(12)2-7(9(6)11)19(16,17)14-3-8-13-4-18-15-8/h1-2,4,14H,3,12H2. The maximum Gasteiger partial charge on any atom is 0.244 e. The number of nitrogen functional groups attached to an aromatic ring is 1. The summed E-state index contributed by atoms with van der Waals surface area (Å²) in [6.07, 6.45) is 1.06. The molecule has 0 unspecified atom stereocenters. The van der Waals surface area contributed by atoms with E-state index in [1.165, 1.54) is 6.07 Å². The van der Waals surface area contributed by atoms with Gasteiger partial charge < -0.3 is 10.3 Å². The number of benzene rings is 1. The van der Waals surface area contributed by atoms with E-state index >= 15 is 0 Å². The number of nitrogens with two attached hydrogens (primary N) is 1. The van der Waals surface area contributed by atoms with Crippen LogP contribution in [0.25, 0.3) is 0 Å². The highest BCUT2D eigenvalue weighted by Gasteiger charge is 2.22. The number of hydrogen-bond donors (Lipinski definition) is 2. The molecule has 0 aliphatic carbocycles. The van der Waals surface area contributed by atoms with E-state index < -0.39 is 20.7 Å². The molecule has 0 saturated heterocycles. The monoisotopic (exact) mass is 350 g/mol. The molecule has 102 valence electrons. The van der Waals surface area contributed by atoms with Crippen LogP contribution in [0.3, 0.4) is 0 Å². The molecular weight excluding hydrogens is 343 g/mol. The van der Waals surface area contributed by atoms with Crippen molar-refractivity contribution in [3.63, 3.8) is 0 Å². The molecule has 0 aliphatic rings. The van der Waals surface area contributed by atoms with Crippen LogP contribution in [0.1, 0.15) is 5.82 Å². The Morgan fingerprint density at radius 2 is 2.21 bits per heavy atom. The summed E-state index contributed by atoms with van der Waals surface area (Å²) < 4.78 is 44.2. The Morgan fingerprint density at radius 1 is 1.47 bits per heavy atom. The zero-order valence-electron chi connectivity index (χ0n) is 9.30. The van der Waals surface area contributed by atoms with E-state index in [0.29, 0.717) is 0 Å². The van der Waals surface area contributed by atoms with Crippen molar-refractivity contribution in [1.82, 2.24) is 14.9 Å². The van der Waals surface area contributed by atoms with E-state index in [-0.39, 0.29) is 22.5 Å². The van der Waals surface area contributed by atoms with Crippen LogP contribution in [-0.2, 0) is 16.6 Å². The molecule has 7 nitrogen and oxygen atoms in total. The Hall–Kier alpha value is -1.52. The van der Waals surface area contributed by atoms with Gasteiger partial charge in [-0.2, -0.15) is 4.98 Å². The van der Waals surface area contributed by atoms with Crippen LogP contribution in [0.5, 0.6) is 0 Å². The molecule has 1 heterocycles. The van der Waals surface area contributed by atoms with Crippen molar-refractivity contribution >= 4 is 31.6 Å². The van der Waals surface area contributed by atoms with Crippen molar-refractivity contribution in [2.24, 2.45) is 0 Å². The van der Waals surface area contributed by atoms with Crippen LogP contribution in [0, 0.1) is 5.82 Å².